The average molecular weight is 293 g/mol. The Hall–Kier alpha value is -1.16. The number of nitrogens with zero attached hydrogens (tertiary/aromatic N) is 1. The maximum atomic E-state index is 12.0. The molecule has 110 valence electrons. The normalized spacial score (nSPS) is 19.2. The number of carbonyl (C=O) groups excluding carboxylic acids is 1. The van der Waals surface area contributed by atoms with Crippen LogP contribution in [0.4, 0.5) is 4.79 Å². The number of hydrogen-bond donors (Lipinski definition) is 0. The highest BCUT2D eigenvalue weighted by Crippen LogP contribution is 2.29. The molecular formula is C16H23NO2S. The van der Waals surface area contributed by atoms with Gasteiger partial charge in [0.1, 0.15) is 5.60 Å². The fourth-order valence-electron chi connectivity index (χ4n) is 2.40. The molecule has 1 heterocycles. The number of hydrogen-bond acceptors (Lipinski definition) is 3. The Balaban J connectivity index is 1.96. The highest BCUT2D eigenvalue weighted by Gasteiger charge is 2.30. The van der Waals surface area contributed by atoms with Gasteiger partial charge in [-0.05, 0) is 51.1 Å². The largest absolute Gasteiger partial charge is 0.444 e. The first-order chi connectivity index (χ1) is 9.39. The van der Waals surface area contributed by atoms with E-state index in [1.807, 2.05) is 25.7 Å². The van der Waals surface area contributed by atoms with Crippen LogP contribution in [0.2, 0.25) is 0 Å². The van der Waals surface area contributed by atoms with Crippen molar-refractivity contribution in [3.63, 3.8) is 0 Å². The lowest BCUT2D eigenvalue weighted by Crippen LogP contribution is -2.35. The van der Waals surface area contributed by atoms with E-state index < -0.39 is 5.60 Å². The van der Waals surface area contributed by atoms with Crippen molar-refractivity contribution in [2.24, 2.45) is 0 Å². The lowest BCUT2D eigenvalue weighted by molar-refractivity contribution is 0.0292. The summed E-state index contributed by atoms with van der Waals surface area (Å²) in [6.07, 6.45) is 2.90. The van der Waals surface area contributed by atoms with Gasteiger partial charge in [-0.15, -0.1) is 11.8 Å². The van der Waals surface area contributed by atoms with Crippen molar-refractivity contribution in [3.05, 3.63) is 29.8 Å². The summed E-state index contributed by atoms with van der Waals surface area (Å²) in [6.45, 7) is 7.25. The van der Waals surface area contributed by atoms with Crippen molar-refractivity contribution in [1.82, 2.24) is 4.90 Å². The molecule has 0 saturated carbocycles. The number of benzene rings is 1. The first kappa shape index (κ1) is 15.2. The van der Waals surface area contributed by atoms with Gasteiger partial charge in [-0.1, -0.05) is 12.1 Å². The minimum Gasteiger partial charge on any atom is -0.444 e. The van der Waals surface area contributed by atoms with Gasteiger partial charge in [-0.2, -0.15) is 0 Å². The van der Waals surface area contributed by atoms with Crippen LogP contribution in [0.25, 0.3) is 0 Å². The number of carbonyl (C=O) groups is 1. The highest BCUT2D eigenvalue weighted by atomic mass is 32.2. The molecule has 4 heteroatoms. The molecule has 0 spiro atoms. The van der Waals surface area contributed by atoms with Gasteiger partial charge >= 0.3 is 6.09 Å². The summed E-state index contributed by atoms with van der Waals surface area (Å²) in [5.74, 6) is 0.429. The monoisotopic (exact) mass is 293 g/mol. The van der Waals surface area contributed by atoms with Crippen molar-refractivity contribution in [3.8, 4) is 0 Å². The van der Waals surface area contributed by atoms with Crippen molar-refractivity contribution in [2.75, 3.05) is 19.3 Å². The molecule has 1 aromatic rings. The zero-order valence-corrected chi connectivity index (χ0v) is 13.5. The zero-order valence-electron chi connectivity index (χ0n) is 12.7. The second kappa shape index (κ2) is 6.08. The first-order valence-corrected chi connectivity index (χ1v) is 8.23. The summed E-state index contributed by atoms with van der Waals surface area (Å²) in [6, 6.07) is 8.65. The maximum Gasteiger partial charge on any atom is 0.410 e. The van der Waals surface area contributed by atoms with E-state index in [0.717, 1.165) is 19.5 Å². The fourth-order valence-corrected chi connectivity index (χ4v) is 2.81. The van der Waals surface area contributed by atoms with Crippen LogP contribution in [-0.2, 0) is 4.74 Å². The smallest absolute Gasteiger partial charge is 0.410 e. The van der Waals surface area contributed by atoms with Crippen molar-refractivity contribution in [2.45, 2.75) is 43.6 Å². The molecule has 2 rings (SSSR count). The van der Waals surface area contributed by atoms with E-state index in [-0.39, 0.29) is 6.09 Å². The van der Waals surface area contributed by atoms with Gasteiger partial charge in [0, 0.05) is 23.9 Å². The molecule has 0 aliphatic carbocycles. The van der Waals surface area contributed by atoms with E-state index in [9.17, 15) is 4.79 Å². The molecule has 0 aromatic heterocycles. The number of thioether (sulfide) groups is 1. The lowest BCUT2D eigenvalue weighted by Gasteiger charge is -2.24. The summed E-state index contributed by atoms with van der Waals surface area (Å²) in [5, 5.41) is 0. The van der Waals surface area contributed by atoms with Gasteiger partial charge < -0.3 is 9.64 Å². The van der Waals surface area contributed by atoms with Crippen LogP contribution in [0.3, 0.4) is 0 Å². The van der Waals surface area contributed by atoms with Crippen molar-refractivity contribution >= 4 is 17.9 Å². The van der Waals surface area contributed by atoms with E-state index in [4.69, 9.17) is 4.74 Å². The van der Waals surface area contributed by atoms with Crippen molar-refractivity contribution in [1.29, 1.82) is 0 Å². The van der Waals surface area contributed by atoms with Gasteiger partial charge in [0.2, 0.25) is 0 Å². The molecule has 1 saturated heterocycles. The van der Waals surface area contributed by atoms with Gasteiger partial charge in [0.15, 0.2) is 0 Å². The summed E-state index contributed by atoms with van der Waals surface area (Å²) in [4.78, 5) is 15.1. The van der Waals surface area contributed by atoms with Gasteiger partial charge in [0.25, 0.3) is 0 Å². The molecule has 1 amide bonds. The van der Waals surface area contributed by atoms with Crippen LogP contribution in [0, 0.1) is 0 Å². The third kappa shape index (κ3) is 3.92. The Morgan fingerprint density at radius 3 is 2.50 bits per heavy atom. The minimum atomic E-state index is -0.421. The van der Waals surface area contributed by atoms with Gasteiger partial charge in [-0.25, -0.2) is 4.79 Å². The molecule has 1 aromatic carbocycles. The molecule has 1 fully saturated rings. The minimum absolute atomic E-state index is 0.194. The van der Waals surface area contributed by atoms with Crippen LogP contribution in [0.1, 0.15) is 38.7 Å². The lowest BCUT2D eigenvalue weighted by atomic mass is 9.99. The Kier molecular flexibility index (Phi) is 4.63. The van der Waals surface area contributed by atoms with E-state index in [1.165, 1.54) is 10.5 Å². The zero-order chi connectivity index (χ0) is 14.8. The third-order valence-corrected chi connectivity index (χ3v) is 4.17. The standard InChI is InChI=1S/C16H23NO2S/c1-16(2,3)19-15(18)17-10-9-13(11-17)12-5-7-14(20-4)8-6-12/h5-8,13H,9-11H2,1-4H3. The summed E-state index contributed by atoms with van der Waals surface area (Å²) >= 11 is 1.75. The van der Waals surface area contributed by atoms with Crippen LogP contribution in [-0.4, -0.2) is 35.9 Å². The van der Waals surface area contributed by atoms with Crippen molar-refractivity contribution < 1.29 is 9.53 Å². The molecule has 1 aliphatic heterocycles. The molecule has 3 nitrogen and oxygen atoms in total. The predicted octanol–water partition coefficient (Wildman–Crippen LogP) is 4.13. The molecule has 1 unspecified atom stereocenters. The van der Waals surface area contributed by atoms with E-state index in [2.05, 4.69) is 30.5 Å². The molecule has 0 radical (unpaired) electrons. The molecule has 0 bridgehead atoms. The van der Waals surface area contributed by atoms with Crippen LogP contribution in [0.15, 0.2) is 29.2 Å². The Labute approximate surface area is 125 Å². The first-order valence-electron chi connectivity index (χ1n) is 7.01. The van der Waals surface area contributed by atoms with Crippen LogP contribution < -0.4 is 0 Å². The second-order valence-electron chi connectivity index (χ2n) is 6.19. The van der Waals surface area contributed by atoms with Crippen LogP contribution >= 0.6 is 11.8 Å². The molecule has 1 atom stereocenters. The average Bonchev–Trinajstić information content (AvgIpc) is 2.86. The van der Waals surface area contributed by atoms with E-state index in [1.54, 1.807) is 11.8 Å². The Bertz CT molecular complexity index is 464. The quantitative estimate of drug-likeness (QED) is 0.768. The Morgan fingerprint density at radius 1 is 1.30 bits per heavy atom. The van der Waals surface area contributed by atoms with Gasteiger partial charge in [0.05, 0.1) is 0 Å². The number of amides is 1. The molecule has 1 aliphatic rings. The molecule has 20 heavy (non-hydrogen) atoms. The predicted molar refractivity (Wildman–Crippen MR) is 83.4 cm³/mol. The third-order valence-electron chi connectivity index (χ3n) is 3.43. The second-order valence-corrected chi connectivity index (χ2v) is 7.06. The highest BCUT2D eigenvalue weighted by molar-refractivity contribution is 7.98. The topological polar surface area (TPSA) is 29.5 Å². The maximum absolute atomic E-state index is 12.0. The number of rotatable bonds is 2. The summed E-state index contributed by atoms with van der Waals surface area (Å²) in [5.41, 5.74) is 0.892. The number of ether oxygens (including phenoxy) is 1. The van der Waals surface area contributed by atoms with E-state index in [0.29, 0.717) is 5.92 Å². The van der Waals surface area contributed by atoms with Gasteiger partial charge in [-0.3, -0.25) is 0 Å². The van der Waals surface area contributed by atoms with E-state index >= 15 is 0 Å². The van der Waals surface area contributed by atoms with Crippen LogP contribution in [0.5, 0.6) is 0 Å². The SMILES string of the molecule is CSc1ccc(C2CCN(C(=O)OC(C)(C)C)C2)cc1. The molecule has 0 N–H and O–H groups in total. The Morgan fingerprint density at radius 2 is 1.95 bits per heavy atom. The molecular weight excluding hydrogens is 270 g/mol. The summed E-state index contributed by atoms with van der Waals surface area (Å²) < 4.78 is 5.43. The fraction of sp³-hybridized carbons (Fsp3) is 0.562. The summed E-state index contributed by atoms with van der Waals surface area (Å²) in [7, 11) is 0. The number of likely N-dealkylation sites (tertiary alicyclic amines) is 1.